The van der Waals surface area contributed by atoms with Crippen molar-refractivity contribution < 1.29 is 14.9 Å². The van der Waals surface area contributed by atoms with Crippen molar-refractivity contribution in [3.8, 4) is 17.6 Å². The summed E-state index contributed by atoms with van der Waals surface area (Å²) in [6.45, 7) is 2.53. The Hall–Kier alpha value is -1.54. The van der Waals surface area contributed by atoms with Gasteiger partial charge in [0.05, 0.1) is 17.1 Å². The molecule has 7 atom stereocenters. The van der Waals surface area contributed by atoms with Crippen molar-refractivity contribution in [2.24, 2.45) is 40.7 Å². The number of phenols is 1. The highest BCUT2D eigenvalue weighted by atomic mass is 16.5. The normalized spacial score (nSPS) is 42.4. The molecule has 0 radical (unpaired) electrons. The predicted octanol–water partition coefficient (Wildman–Crippen LogP) is 6.69. The van der Waals surface area contributed by atoms with Gasteiger partial charge in [0, 0.05) is 24.5 Å². The van der Waals surface area contributed by atoms with Gasteiger partial charge in [-0.05, 0) is 124 Å². The molecule has 0 aromatic heterocycles. The Kier molecular flexibility index (Phi) is 6.85. The van der Waals surface area contributed by atoms with E-state index in [0.717, 1.165) is 19.3 Å². The summed E-state index contributed by atoms with van der Waals surface area (Å²) in [4.78, 5) is 0. The van der Waals surface area contributed by atoms with E-state index in [1.165, 1.54) is 88.2 Å². The molecule has 6 fully saturated rings. The maximum Gasteiger partial charge on any atom is 0.115 e. The predicted molar refractivity (Wildman–Crippen MR) is 159 cm³/mol. The lowest BCUT2D eigenvalue weighted by atomic mass is 9.45. The molecule has 4 N–H and O–H groups in total. The first-order chi connectivity index (χ1) is 19.3. The van der Waals surface area contributed by atoms with E-state index in [2.05, 4.69) is 24.8 Å². The smallest absolute Gasteiger partial charge is 0.115 e. The molecule has 4 saturated carbocycles. The molecule has 7 aliphatic rings. The van der Waals surface area contributed by atoms with Crippen molar-refractivity contribution in [1.29, 1.82) is 0 Å². The minimum atomic E-state index is -0.546. The van der Waals surface area contributed by atoms with E-state index in [4.69, 9.17) is 10.5 Å². The van der Waals surface area contributed by atoms with Gasteiger partial charge in [0.25, 0.3) is 0 Å². The molecule has 2 aliphatic heterocycles. The lowest BCUT2D eigenvalue weighted by Crippen LogP contribution is -2.79. The van der Waals surface area contributed by atoms with Crippen molar-refractivity contribution in [3.05, 3.63) is 29.3 Å². The van der Waals surface area contributed by atoms with Gasteiger partial charge in [-0.15, -0.1) is 0 Å². The maximum absolute atomic E-state index is 10.5. The fourth-order valence-corrected chi connectivity index (χ4v) is 11.6. The lowest BCUT2D eigenvalue weighted by Gasteiger charge is -2.70. The van der Waals surface area contributed by atoms with Gasteiger partial charge in [-0.2, -0.15) is 0 Å². The highest BCUT2D eigenvalue weighted by molar-refractivity contribution is 5.39. The topological polar surface area (TPSA) is 75.7 Å². The molecule has 2 saturated heterocycles. The quantitative estimate of drug-likeness (QED) is 0.370. The Labute approximate surface area is 241 Å². The number of aliphatic hydroxyl groups excluding tert-OH is 1. The largest absolute Gasteiger partial charge is 0.508 e. The average molecular weight is 546 g/mol. The van der Waals surface area contributed by atoms with Gasteiger partial charge >= 0.3 is 0 Å². The van der Waals surface area contributed by atoms with Crippen LogP contribution in [0.2, 0.25) is 0 Å². The first-order valence-corrected chi connectivity index (χ1v) is 16.7. The van der Waals surface area contributed by atoms with E-state index >= 15 is 0 Å². The fraction of sp³-hybridized carbons (Fsp3) is 0.778. The first kappa shape index (κ1) is 27.3. The minimum Gasteiger partial charge on any atom is -0.508 e. The second kappa shape index (κ2) is 10.0. The molecule has 7 unspecified atom stereocenters. The average Bonchev–Trinajstić information content (AvgIpc) is 3.38. The van der Waals surface area contributed by atoms with Crippen molar-refractivity contribution in [2.45, 2.75) is 133 Å². The third kappa shape index (κ3) is 4.20. The number of benzene rings is 1. The minimum absolute atomic E-state index is 0.0661. The van der Waals surface area contributed by atoms with Crippen LogP contribution in [0.4, 0.5) is 0 Å². The van der Waals surface area contributed by atoms with Crippen LogP contribution in [0.1, 0.15) is 114 Å². The molecular formula is C36H51NO3. The van der Waals surface area contributed by atoms with E-state index < -0.39 is 5.54 Å². The Bertz CT molecular complexity index is 1170. The fourth-order valence-electron chi connectivity index (χ4n) is 11.6. The number of ether oxygens (including phenoxy) is 1. The summed E-state index contributed by atoms with van der Waals surface area (Å²) in [6.07, 6.45) is 20.0. The Morgan fingerprint density at radius 1 is 0.975 bits per heavy atom. The zero-order valence-corrected chi connectivity index (χ0v) is 24.7. The van der Waals surface area contributed by atoms with Gasteiger partial charge in [0.1, 0.15) is 5.75 Å². The molecule has 40 heavy (non-hydrogen) atoms. The summed E-state index contributed by atoms with van der Waals surface area (Å²) in [5.74, 6) is 9.51. The second-order valence-corrected chi connectivity index (χ2v) is 15.3. The second-order valence-electron chi connectivity index (χ2n) is 15.3. The molecule has 1 aromatic rings. The van der Waals surface area contributed by atoms with Crippen LogP contribution in [-0.4, -0.2) is 33.6 Å². The Morgan fingerprint density at radius 2 is 1.77 bits per heavy atom. The summed E-state index contributed by atoms with van der Waals surface area (Å²) < 4.78 is 7.80. The van der Waals surface area contributed by atoms with Crippen LogP contribution in [0.25, 0.3) is 0 Å². The number of rotatable bonds is 3. The number of fused-ring (bicyclic) bond motifs is 5. The van der Waals surface area contributed by atoms with Crippen molar-refractivity contribution in [3.63, 3.8) is 0 Å². The van der Waals surface area contributed by atoms with E-state index in [0.29, 0.717) is 41.8 Å². The number of aliphatic hydroxyl groups is 1. The van der Waals surface area contributed by atoms with Crippen LogP contribution >= 0.6 is 0 Å². The number of hydrogen-bond donors (Lipinski definition) is 3. The van der Waals surface area contributed by atoms with Crippen LogP contribution in [0.15, 0.2) is 18.2 Å². The lowest BCUT2D eigenvalue weighted by molar-refractivity contribution is -0.331. The van der Waals surface area contributed by atoms with Gasteiger partial charge in [0.15, 0.2) is 0 Å². The van der Waals surface area contributed by atoms with Gasteiger partial charge in [-0.3, -0.25) is 0 Å². The van der Waals surface area contributed by atoms with Crippen molar-refractivity contribution >= 4 is 0 Å². The summed E-state index contributed by atoms with van der Waals surface area (Å²) in [7, 11) is 0. The van der Waals surface area contributed by atoms with Gasteiger partial charge < -0.3 is 20.7 Å². The third-order valence-corrected chi connectivity index (χ3v) is 13.2. The molecule has 4 bridgehead atoms. The third-order valence-electron chi connectivity index (χ3n) is 13.2. The number of aromatic hydroxyl groups is 1. The Morgan fingerprint density at radius 3 is 2.55 bits per heavy atom. The SMILES string of the molecule is CC1(C2CCCCC2)OC23CCC1C(N)(CCO)C2C#CCc1cc(O)ccc1CC1CC3CC2(CCCC2)C1. The monoisotopic (exact) mass is 545 g/mol. The molecule has 4 heteroatoms. The maximum atomic E-state index is 10.5. The zero-order valence-electron chi connectivity index (χ0n) is 24.7. The highest BCUT2D eigenvalue weighted by Crippen LogP contribution is 2.67. The van der Waals surface area contributed by atoms with Gasteiger partial charge in [0.2, 0.25) is 0 Å². The van der Waals surface area contributed by atoms with Crippen molar-refractivity contribution in [1.82, 2.24) is 0 Å². The standard InChI is InChI=1S/C36H51NO3/c1-33(28-9-3-2-4-10-28)31-14-17-36(40-33)29-21-25(23-34(24-29)15-5-6-16-34)20-27-12-13-30(39)22-26(27)8-7-11-32(36)35(31,37)18-19-38/h12-13,22,25,28-29,31-32,38-39H,2-6,8-10,14-21,23-24,37H2,1H3. The van der Waals surface area contributed by atoms with Crippen LogP contribution in [0, 0.1) is 46.8 Å². The van der Waals surface area contributed by atoms with E-state index in [1.807, 2.05) is 12.1 Å². The number of nitrogens with two attached hydrogens (primary N) is 1. The molecule has 218 valence electrons. The van der Waals surface area contributed by atoms with Crippen LogP contribution < -0.4 is 5.73 Å². The summed E-state index contributed by atoms with van der Waals surface area (Å²) in [5.41, 5.74) is 9.50. The molecule has 1 aromatic carbocycles. The Balaban J connectivity index is 1.39. The molecule has 5 aliphatic carbocycles. The number of hydrogen-bond acceptors (Lipinski definition) is 4. The van der Waals surface area contributed by atoms with Gasteiger partial charge in [-0.25, -0.2) is 0 Å². The molecule has 2 heterocycles. The molecule has 0 amide bonds. The van der Waals surface area contributed by atoms with E-state index in [-0.39, 0.29) is 29.6 Å². The van der Waals surface area contributed by atoms with Crippen LogP contribution in [-0.2, 0) is 17.6 Å². The van der Waals surface area contributed by atoms with Crippen LogP contribution in [0.3, 0.4) is 0 Å². The van der Waals surface area contributed by atoms with Crippen molar-refractivity contribution in [2.75, 3.05) is 6.61 Å². The van der Waals surface area contributed by atoms with E-state index in [1.54, 1.807) is 0 Å². The van der Waals surface area contributed by atoms with E-state index in [9.17, 15) is 10.2 Å². The molecule has 2 spiro atoms. The summed E-state index contributed by atoms with van der Waals surface area (Å²) >= 11 is 0. The highest BCUT2D eigenvalue weighted by Gasteiger charge is 2.71. The molecule has 4 nitrogen and oxygen atoms in total. The zero-order chi connectivity index (χ0) is 27.6. The van der Waals surface area contributed by atoms with Gasteiger partial charge in [-0.1, -0.05) is 50.0 Å². The molecular weight excluding hydrogens is 494 g/mol. The first-order valence-electron chi connectivity index (χ1n) is 16.7. The van der Waals surface area contributed by atoms with Crippen LogP contribution in [0.5, 0.6) is 5.75 Å². The number of phenolic OH excluding ortho intramolecular Hbond substituents is 1. The summed E-state index contributed by atoms with van der Waals surface area (Å²) in [5, 5.41) is 20.8. The summed E-state index contributed by atoms with van der Waals surface area (Å²) in [6, 6.07) is 5.96. The molecule has 8 rings (SSSR count).